The van der Waals surface area contributed by atoms with E-state index in [1.165, 1.54) is 12.1 Å². The van der Waals surface area contributed by atoms with Gasteiger partial charge in [0.05, 0.1) is 12.7 Å². The van der Waals surface area contributed by atoms with Gasteiger partial charge in [-0.05, 0) is 54.7 Å². The van der Waals surface area contributed by atoms with Gasteiger partial charge < -0.3 is 40.1 Å². The number of aliphatic hydroxyl groups is 3. The molecule has 1 aliphatic rings. The van der Waals surface area contributed by atoms with Crippen LogP contribution in [-0.4, -0.2) is 73.7 Å². The molecule has 2 aromatic rings. The number of hydrogen-bond acceptors (Lipinski definition) is 9. The van der Waals surface area contributed by atoms with Crippen molar-refractivity contribution >= 4 is 5.78 Å². The van der Waals surface area contributed by atoms with Gasteiger partial charge in [-0.1, -0.05) is 18.2 Å². The predicted molar refractivity (Wildman–Crippen MR) is 117 cm³/mol. The number of phenols is 3. The molecule has 0 radical (unpaired) electrons. The van der Waals surface area contributed by atoms with Gasteiger partial charge in [-0.2, -0.15) is 0 Å². The lowest BCUT2D eigenvalue weighted by Gasteiger charge is -2.36. The molecule has 1 fully saturated rings. The molecule has 9 nitrogen and oxygen atoms in total. The van der Waals surface area contributed by atoms with E-state index >= 15 is 0 Å². The van der Waals surface area contributed by atoms with E-state index in [2.05, 4.69) is 0 Å². The fourth-order valence-corrected chi connectivity index (χ4v) is 3.66. The van der Waals surface area contributed by atoms with Crippen molar-refractivity contribution in [3.8, 4) is 17.2 Å². The minimum atomic E-state index is -1.47. The molecule has 33 heavy (non-hydrogen) atoms. The highest BCUT2D eigenvalue weighted by molar-refractivity contribution is 5.79. The molecular formula is C24H30O9. The Morgan fingerprint density at radius 2 is 1.64 bits per heavy atom. The number of ether oxygens (including phenoxy) is 2. The SMILES string of the molecule is O=C(CCc1ccc(O)cc1)C[C@H](CCc1ccc(O)c(O)c1)OC1OCC(O)C(O)C1O. The van der Waals surface area contributed by atoms with Crippen molar-refractivity contribution in [1.29, 1.82) is 0 Å². The van der Waals surface area contributed by atoms with E-state index in [1.54, 1.807) is 30.3 Å². The molecule has 1 aliphatic heterocycles. The Morgan fingerprint density at radius 3 is 2.33 bits per heavy atom. The first-order chi connectivity index (χ1) is 15.7. The standard InChI is InChI=1S/C24H30O9/c25-16-6-1-14(2-7-16)3-8-17(26)12-18(9-4-15-5-10-19(27)20(28)11-15)33-24-23(31)22(30)21(29)13-32-24/h1-2,5-7,10-11,18,21-25,27-31H,3-4,8-9,12-13H2/t18-,21?,22?,23?,24?/m0/s1. The molecule has 0 aliphatic carbocycles. The summed E-state index contributed by atoms with van der Waals surface area (Å²) in [6.07, 6.45) is -4.45. The average molecular weight is 462 g/mol. The van der Waals surface area contributed by atoms with Gasteiger partial charge in [0.25, 0.3) is 0 Å². The van der Waals surface area contributed by atoms with E-state index in [1.807, 2.05) is 0 Å². The summed E-state index contributed by atoms with van der Waals surface area (Å²) in [6, 6.07) is 11.0. The number of phenolic OH excluding ortho intramolecular Hbond substituents is 3. The Labute approximate surface area is 191 Å². The first-order valence-electron chi connectivity index (χ1n) is 10.8. The van der Waals surface area contributed by atoms with Crippen LogP contribution in [0.2, 0.25) is 0 Å². The van der Waals surface area contributed by atoms with Crippen molar-refractivity contribution in [2.75, 3.05) is 6.61 Å². The molecule has 0 saturated carbocycles. The van der Waals surface area contributed by atoms with Crippen LogP contribution in [0.4, 0.5) is 0 Å². The Balaban J connectivity index is 1.62. The van der Waals surface area contributed by atoms with E-state index in [9.17, 15) is 35.4 Å². The summed E-state index contributed by atoms with van der Waals surface area (Å²) < 4.78 is 11.1. The van der Waals surface area contributed by atoms with Crippen molar-refractivity contribution in [3.63, 3.8) is 0 Å². The van der Waals surface area contributed by atoms with Crippen LogP contribution in [0.15, 0.2) is 42.5 Å². The topological polar surface area (TPSA) is 157 Å². The summed E-state index contributed by atoms with van der Waals surface area (Å²) >= 11 is 0. The fourth-order valence-electron chi connectivity index (χ4n) is 3.66. The number of carbonyl (C=O) groups excluding carboxylic acids is 1. The molecule has 5 atom stereocenters. The summed E-state index contributed by atoms with van der Waals surface area (Å²) in [5, 5.41) is 58.3. The smallest absolute Gasteiger partial charge is 0.186 e. The number of rotatable bonds is 10. The van der Waals surface area contributed by atoms with Crippen LogP contribution in [0.5, 0.6) is 17.2 Å². The van der Waals surface area contributed by atoms with Crippen molar-refractivity contribution in [2.45, 2.75) is 62.8 Å². The summed E-state index contributed by atoms with van der Waals surface area (Å²) in [7, 11) is 0. The number of Topliss-reactive ketones (excluding diaryl/α,β-unsaturated/α-hetero) is 1. The van der Waals surface area contributed by atoms with E-state index in [0.29, 0.717) is 19.3 Å². The molecule has 180 valence electrons. The normalized spacial score (nSPS) is 23.8. The largest absolute Gasteiger partial charge is 0.508 e. The summed E-state index contributed by atoms with van der Waals surface area (Å²) in [6.45, 7) is -0.212. The van der Waals surface area contributed by atoms with Crippen molar-refractivity contribution < 1.29 is 44.9 Å². The number of ketones is 1. The fraction of sp³-hybridized carbons (Fsp3) is 0.458. The number of aryl methyl sites for hydroxylation is 2. The van der Waals surface area contributed by atoms with Gasteiger partial charge in [0.15, 0.2) is 17.8 Å². The van der Waals surface area contributed by atoms with Crippen molar-refractivity contribution in [2.24, 2.45) is 0 Å². The van der Waals surface area contributed by atoms with Crippen LogP contribution in [0.1, 0.15) is 30.4 Å². The van der Waals surface area contributed by atoms with Gasteiger partial charge in [0.2, 0.25) is 0 Å². The van der Waals surface area contributed by atoms with Crippen LogP contribution in [-0.2, 0) is 27.1 Å². The zero-order valence-electron chi connectivity index (χ0n) is 18.1. The van der Waals surface area contributed by atoms with Crippen LogP contribution in [0.3, 0.4) is 0 Å². The molecule has 4 unspecified atom stereocenters. The van der Waals surface area contributed by atoms with Crippen molar-refractivity contribution in [1.82, 2.24) is 0 Å². The van der Waals surface area contributed by atoms with Gasteiger partial charge in [-0.25, -0.2) is 0 Å². The molecule has 6 N–H and O–H groups in total. The van der Waals surface area contributed by atoms with Gasteiger partial charge in [0, 0.05) is 12.8 Å². The third-order valence-corrected chi connectivity index (χ3v) is 5.66. The lowest BCUT2D eigenvalue weighted by molar-refractivity contribution is -0.282. The number of hydrogen-bond donors (Lipinski definition) is 6. The first kappa shape index (κ1) is 24.9. The lowest BCUT2D eigenvalue weighted by Crippen LogP contribution is -2.54. The minimum Gasteiger partial charge on any atom is -0.508 e. The third-order valence-electron chi connectivity index (χ3n) is 5.66. The Bertz CT molecular complexity index is 915. The van der Waals surface area contributed by atoms with Crippen LogP contribution >= 0.6 is 0 Å². The zero-order chi connectivity index (χ0) is 24.0. The quantitative estimate of drug-likeness (QED) is 0.285. The number of carbonyl (C=O) groups is 1. The van der Waals surface area contributed by atoms with Crippen LogP contribution in [0.25, 0.3) is 0 Å². The van der Waals surface area contributed by atoms with Gasteiger partial charge in [-0.3, -0.25) is 4.79 Å². The first-order valence-corrected chi connectivity index (χ1v) is 10.8. The average Bonchev–Trinajstić information content (AvgIpc) is 2.79. The van der Waals surface area contributed by atoms with Gasteiger partial charge in [-0.15, -0.1) is 0 Å². The summed E-state index contributed by atoms with van der Waals surface area (Å²) in [5.74, 6) is -0.412. The van der Waals surface area contributed by atoms with Crippen molar-refractivity contribution in [3.05, 3.63) is 53.6 Å². The third kappa shape index (κ3) is 7.15. The molecule has 1 saturated heterocycles. The lowest BCUT2D eigenvalue weighted by atomic mass is 9.99. The number of aromatic hydroxyl groups is 3. The van der Waals surface area contributed by atoms with Crippen LogP contribution in [0, 0.1) is 0 Å². The maximum absolute atomic E-state index is 12.6. The Kier molecular flexibility index (Phi) is 8.65. The highest BCUT2D eigenvalue weighted by atomic mass is 16.7. The molecule has 1 heterocycles. The maximum atomic E-state index is 12.6. The molecule has 0 bridgehead atoms. The maximum Gasteiger partial charge on any atom is 0.186 e. The second-order valence-electron chi connectivity index (χ2n) is 8.28. The summed E-state index contributed by atoms with van der Waals surface area (Å²) in [5.41, 5.74) is 1.62. The van der Waals surface area contributed by atoms with E-state index in [-0.39, 0.29) is 42.5 Å². The van der Waals surface area contributed by atoms with E-state index in [4.69, 9.17) is 9.47 Å². The zero-order valence-corrected chi connectivity index (χ0v) is 18.1. The molecule has 0 spiro atoms. The predicted octanol–water partition coefficient (Wildman–Crippen LogP) is 1.15. The van der Waals surface area contributed by atoms with Gasteiger partial charge >= 0.3 is 0 Å². The number of benzene rings is 2. The Morgan fingerprint density at radius 1 is 0.939 bits per heavy atom. The highest BCUT2D eigenvalue weighted by Gasteiger charge is 2.39. The number of aliphatic hydroxyl groups excluding tert-OH is 3. The highest BCUT2D eigenvalue weighted by Crippen LogP contribution is 2.27. The molecule has 0 aromatic heterocycles. The molecule has 0 amide bonds. The van der Waals surface area contributed by atoms with E-state index < -0.39 is 30.7 Å². The molecule has 2 aromatic carbocycles. The monoisotopic (exact) mass is 462 g/mol. The second kappa shape index (κ2) is 11.4. The molecule has 9 heteroatoms. The second-order valence-corrected chi connectivity index (χ2v) is 8.28. The Hall–Kier alpha value is -2.69. The van der Waals surface area contributed by atoms with Gasteiger partial charge in [0.1, 0.15) is 29.8 Å². The molecule has 3 rings (SSSR count). The summed E-state index contributed by atoms with van der Waals surface area (Å²) in [4.78, 5) is 12.6. The van der Waals surface area contributed by atoms with E-state index in [0.717, 1.165) is 11.1 Å². The minimum absolute atomic E-state index is 0.0351. The van der Waals surface area contributed by atoms with Crippen LogP contribution < -0.4 is 0 Å². The molecular weight excluding hydrogens is 432 g/mol.